The summed E-state index contributed by atoms with van der Waals surface area (Å²) < 4.78 is 0. The highest BCUT2D eigenvalue weighted by Gasteiger charge is 2.26. The Morgan fingerprint density at radius 1 is 1.38 bits per heavy atom. The van der Waals surface area contributed by atoms with Crippen molar-refractivity contribution in [1.29, 1.82) is 0 Å². The van der Waals surface area contributed by atoms with Gasteiger partial charge in [0.1, 0.15) is 12.4 Å². The van der Waals surface area contributed by atoms with E-state index in [-0.39, 0.29) is 16.1 Å². The predicted molar refractivity (Wildman–Crippen MR) is 55.4 cm³/mol. The zero-order valence-corrected chi connectivity index (χ0v) is 8.76. The smallest absolute Gasteiger partial charge is 0.335 e. The number of aldehydes is 1. The number of halogens is 1. The molecule has 0 spiro atoms. The number of hydrogen-bond acceptors (Lipinski definition) is 4. The first-order chi connectivity index (χ1) is 7.47. The van der Waals surface area contributed by atoms with Gasteiger partial charge in [0, 0.05) is 10.6 Å². The first kappa shape index (κ1) is 12.6. The summed E-state index contributed by atoms with van der Waals surface area (Å²) in [5.41, 5.74) is 0.0644. The van der Waals surface area contributed by atoms with Crippen LogP contribution in [0.3, 0.4) is 0 Å². The van der Waals surface area contributed by atoms with Gasteiger partial charge in [0.25, 0.3) is 0 Å². The molecular formula is C10H9ClO5. The second kappa shape index (κ2) is 5.07. The minimum absolute atomic E-state index is 0.0225. The van der Waals surface area contributed by atoms with Crippen LogP contribution in [0.4, 0.5) is 0 Å². The van der Waals surface area contributed by atoms with Crippen LogP contribution in [0.25, 0.3) is 0 Å². The third kappa shape index (κ3) is 2.57. The fraction of sp³-hybridized carbons (Fsp3) is 0.200. The van der Waals surface area contributed by atoms with Gasteiger partial charge < -0.3 is 15.3 Å². The van der Waals surface area contributed by atoms with Gasteiger partial charge in [-0.2, -0.15) is 0 Å². The number of carboxylic acids is 1. The molecule has 0 aliphatic heterocycles. The van der Waals surface area contributed by atoms with Crippen LogP contribution in [-0.4, -0.2) is 33.7 Å². The number of carbonyl (C=O) groups is 2. The Morgan fingerprint density at radius 2 is 2.00 bits per heavy atom. The molecule has 1 aromatic carbocycles. The molecule has 2 atom stereocenters. The van der Waals surface area contributed by atoms with Crippen molar-refractivity contribution in [3.8, 4) is 0 Å². The molecule has 1 aromatic rings. The summed E-state index contributed by atoms with van der Waals surface area (Å²) in [6.07, 6.45) is -3.23. The molecule has 2 unspecified atom stereocenters. The maximum Gasteiger partial charge on any atom is 0.335 e. The molecule has 1 rings (SSSR count). The number of aliphatic carboxylic acids is 1. The van der Waals surface area contributed by atoms with Gasteiger partial charge in [0.2, 0.25) is 0 Å². The van der Waals surface area contributed by atoms with Gasteiger partial charge >= 0.3 is 5.97 Å². The number of rotatable bonds is 4. The molecule has 0 radical (unpaired) electrons. The van der Waals surface area contributed by atoms with Crippen LogP contribution in [0.15, 0.2) is 18.2 Å². The van der Waals surface area contributed by atoms with E-state index in [1.54, 1.807) is 0 Å². The molecule has 0 saturated heterocycles. The van der Waals surface area contributed by atoms with Crippen molar-refractivity contribution in [3.63, 3.8) is 0 Å². The van der Waals surface area contributed by atoms with E-state index in [1.807, 2.05) is 0 Å². The summed E-state index contributed by atoms with van der Waals surface area (Å²) in [4.78, 5) is 21.1. The highest BCUT2D eigenvalue weighted by atomic mass is 35.5. The average molecular weight is 245 g/mol. The molecule has 0 aliphatic rings. The number of benzene rings is 1. The number of carboxylic acid groups (broad SMARTS) is 1. The lowest BCUT2D eigenvalue weighted by atomic mass is 9.99. The van der Waals surface area contributed by atoms with E-state index in [0.717, 1.165) is 0 Å². The molecule has 0 aliphatic carbocycles. The molecule has 0 fully saturated rings. The van der Waals surface area contributed by atoms with Gasteiger partial charge in [-0.05, 0) is 17.7 Å². The predicted octanol–water partition coefficient (Wildman–Crippen LogP) is 0.631. The number of aliphatic hydroxyl groups excluding tert-OH is 2. The summed E-state index contributed by atoms with van der Waals surface area (Å²) in [6, 6.07) is 3.96. The summed E-state index contributed by atoms with van der Waals surface area (Å²) in [7, 11) is 0. The molecule has 16 heavy (non-hydrogen) atoms. The van der Waals surface area contributed by atoms with Gasteiger partial charge in [0.15, 0.2) is 6.10 Å². The molecule has 0 bridgehead atoms. The Morgan fingerprint density at radius 3 is 2.50 bits per heavy atom. The topological polar surface area (TPSA) is 94.8 Å². The van der Waals surface area contributed by atoms with Crippen molar-refractivity contribution in [2.45, 2.75) is 12.2 Å². The van der Waals surface area contributed by atoms with Crippen molar-refractivity contribution in [1.82, 2.24) is 0 Å². The molecule has 5 nitrogen and oxygen atoms in total. The van der Waals surface area contributed by atoms with Crippen LogP contribution in [0.2, 0.25) is 5.02 Å². The molecule has 0 saturated carbocycles. The van der Waals surface area contributed by atoms with Gasteiger partial charge in [-0.1, -0.05) is 17.7 Å². The van der Waals surface area contributed by atoms with Gasteiger partial charge in [-0.15, -0.1) is 0 Å². The Kier molecular flexibility index (Phi) is 4.00. The minimum Gasteiger partial charge on any atom is -0.479 e. The van der Waals surface area contributed by atoms with E-state index < -0.39 is 18.2 Å². The highest BCUT2D eigenvalue weighted by Crippen LogP contribution is 2.23. The van der Waals surface area contributed by atoms with Gasteiger partial charge in [-0.25, -0.2) is 4.79 Å². The number of carbonyl (C=O) groups excluding carboxylic acids is 1. The summed E-state index contributed by atoms with van der Waals surface area (Å²) in [6.45, 7) is 0. The lowest BCUT2D eigenvalue weighted by Gasteiger charge is -2.16. The second-order valence-corrected chi connectivity index (χ2v) is 3.56. The lowest BCUT2D eigenvalue weighted by molar-refractivity contribution is -0.153. The zero-order valence-electron chi connectivity index (χ0n) is 8.00. The maximum absolute atomic E-state index is 10.7. The third-order valence-electron chi connectivity index (χ3n) is 2.05. The fourth-order valence-electron chi connectivity index (χ4n) is 1.22. The first-order valence-electron chi connectivity index (χ1n) is 4.31. The van der Waals surface area contributed by atoms with E-state index in [0.29, 0.717) is 6.29 Å². The maximum atomic E-state index is 10.7. The highest BCUT2D eigenvalue weighted by molar-refractivity contribution is 6.30. The van der Waals surface area contributed by atoms with E-state index in [2.05, 4.69) is 0 Å². The van der Waals surface area contributed by atoms with Crippen LogP contribution in [0.1, 0.15) is 22.0 Å². The number of aliphatic hydroxyl groups is 2. The summed E-state index contributed by atoms with van der Waals surface area (Å²) in [5.74, 6) is -1.57. The lowest BCUT2D eigenvalue weighted by Crippen LogP contribution is -2.28. The Balaban J connectivity index is 3.12. The molecule has 0 aromatic heterocycles. The van der Waals surface area contributed by atoms with Crippen LogP contribution in [0, 0.1) is 0 Å². The fourth-order valence-corrected chi connectivity index (χ4v) is 1.40. The van der Waals surface area contributed by atoms with Crippen LogP contribution < -0.4 is 0 Å². The van der Waals surface area contributed by atoms with Crippen molar-refractivity contribution < 1.29 is 24.9 Å². The molecular weight excluding hydrogens is 236 g/mol. The largest absolute Gasteiger partial charge is 0.479 e. The molecule has 86 valence electrons. The molecule has 6 heteroatoms. The Bertz CT molecular complexity index is 418. The third-order valence-corrected chi connectivity index (χ3v) is 2.28. The average Bonchev–Trinajstić information content (AvgIpc) is 2.26. The monoisotopic (exact) mass is 244 g/mol. The van der Waals surface area contributed by atoms with Gasteiger partial charge in [-0.3, -0.25) is 4.79 Å². The van der Waals surface area contributed by atoms with Crippen LogP contribution >= 0.6 is 11.6 Å². The Labute approximate surface area is 95.9 Å². The summed E-state index contributed by atoms with van der Waals surface area (Å²) >= 11 is 5.62. The molecule has 3 N–H and O–H groups in total. The van der Waals surface area contributed by atoms with Crippen molar-refractivity contribution in [2.24, 2.45) is 0 Å². The van der Waals surface area contributed by atoms with Crippen LogP contribution in [0.5, 0.6) is 0 Å². The van der Waals surface area contributed by atoms with E-state index in [1.165, 1.54) is 18.2 Å². The van der Waals surface area contributed by atoms with E-state index in [4.69, 9.17) is 21.8 Å². The summed E-state index contributed by atoms with van der Waals surface area (Å²) in [5, 5.41) is 27.5. The minimum atomic E-state index is -1.99. The Hall–Kier alpha value is -1.43. The van der Waals surface area contributed by atoms with Crippen molar-refractivity contribution >= 4 is 23.9 Å². The van der Waals surface area contributed by atoms with Crippen molar-refractivity contribution in [2.75, 3.05) is 0 Å². The quantitative estimate of drug-likeness (QED) is 0.676. The van der Waals surface area contributed by atoms with Crippen LogP contribution in [-0.2, 0) is 4.79 Å². The first-order valence-corrected chi connectivity index (χ1v) is 4.68. The SMILES string of the molecule is O=Cc1cc(Cl)ccc1C(O)C(O)C(=O)O. The number of hydrogen-bond donors (Lipinski definition) is 3. The molecule has 0 amide bonds. The second-order valence-electron chi connectivity index (χ2n) is 3.12. The standard InChI is InChI=1S/C10H9ClO5/c11-6-1-2-7(5(3-6)4-12)8(13)9(14)10(15)16/h1-4,8-9,13-14H,(H,15,16). The molecule has 0 heterocycles. The van der Waals surface area contributed by atoms with E-state index in [9.17, 15) is 14.7 Å². The van der Waals surface area contributed by atoms with Gasteiger partial charge in [0.05, 0.1) is 0 Å². The van der Waals surface area contributed by atoms with Crippen molar-refractivity contribution in [3.05, 3.63) is 34.3 Å². The van der Waals surface area contributed by atoms with E-state index >= 15 is 0 Å². The normalized spacial score (nSPS) is 14.2. The zero-order chi connectivity index (χ0) is 12.3.